The molecule has 0 aliphatic carbocycles. The molecule has 3 aromatic rings. The molecule has 0 N–H and O–H groups in total. The van der Waals surface area contributed by atoms with Crippen molar-refractivity contribution in [3.63, 3.8) is 0 Å². The first-order valence-electron chi connectivity index (χ1n) is 9.38. The molecule has 0 radical (unpaired) electrons. The standard InChI is InChI=1S/C23H21N3O2/c27-22(18-8-2-1-3-9-18)19-10-4-5-11-20(19)23(28)26-16-14-25(15-17-26)21-12-6-7-13-24-21/h1-13H,14-17H2. The number of benzene rings is 2. The summed E-state index contributed by atoms with van der Waals surface area (Å²) in [4.78, 5) is 34.4. The molecule has 4 rings (SSSR count). The van der Waals surface area contributed by atoms with E-state index in [1.54, 1.807) is 42.6 Å². The van der Waals surface area contributed by atoms with Gasteiger partial charge < -0.3 is 9.80 Å². The number of hydrogen-bond donors (Lipinski definition) is 0. The van der Waals surface area contributed by atoms with E-state index in [-0.39, 0.29) is 11.7 Å². The summed E-state index contributed by atoms with van der Waals surface area (Å²) in [6.45, 7) is 2.64. The lowest BCUT2D eigenvalue weighted by molar-refractivity contribution is 0.0742. The fourth-order valence-electron chi connectivity index (χ4n) is 3.46. The lowest BCUT2D eigenvalue weighted by Crippen LogP contribution is -2.49. The third kappa shape index (κ3) is 3.64. The second-order valence-electron chi connectivity index (χ2n) is 6.71. The zero-order valence-corrected chi connectivity index (χ0v) is 15.5. The number of amides is 1. The zero-order chi connectivity index (χ0) is 19.3. The van der Waals surface area contributed by atoms with Gasteiger partial charge in [0.1, 0.15) is 5.82 Å². The van der Waals surface area contributed by atoms with Gasteiger partial charge in [-0.1, -0.05) is 54.6 Å². The highest BCUT2D eigenvalue weighted by Crippen LogP contribution is 2.19. The first-order valence-corrected chi connectivity index (χ1v) is 9.38. The van der Waals surface area contributed by atoms with Gasteiger partial charge in [-0.15, -0.1) is 0 Å². The molecule has 1 aliphatic rings. The maximum atomic E-state index is 13.1. The van der Waals surface area contributed by atoms with Crippen LogP contribution in [-0.4, -0.2) is 47.8 Å². The lowest BCUT2D eigenvalue weighted by atomic mass is 9.97. The van der Waals surface area contributed by atoms with Gasteiger partial charge in [-0.3, -0.25) is 9.59 Å². The maximum absolute atomic E-state index is 13.1. The Morgan fingerprint density at radius 2 is 1.36 bits per heavy atom. The van der Waals surface area contributed by atoms with Crippen LogP contribution in [0, 0.1) is 0 Å². The van der Waals surface area contributed by atoms with Crippen LogP contribution in [0.1, 0.15) is 26.3 Å². The first-order chi connectivity index (χ1) is 13.7. The zero-order valence-electron chi connectivity index (χ0n) is 15.5. The van der Waals surface area contributed by atoms with Crippen LogP contribution in [0.25, 0.3) is 0 Å². The second kappa shape index (κ2) is 8.05. The number of carbonyl (C=O) groups excluding carboxylic acids is 2. The molecule has 5 nitrogen and oxygen atoms in total. The van der Waals surface area contributed by atoms with Crippen molar-refractivity contribution in [3.05, 3.63) is 95.7 Å². The maximum Gasteiger partial charge on any atom is 0.254 e. The van der Waals surface area contributed by atoms with E-state index in [0.29, 0.717) is 29.8 Å². The van der Waals surface area contributed by atoms with Crippen molar-refractivity contribution in [2.75, 3.05) is 31.1 Å². The fraction of sp³-hybridized carbons (Fsp3) is 0.174. The number of hydrogen-bond acceptors (Lipinski definition) is 4. The van der Waals surface area contributed by atoms with Crippen LogP contribution in [0.2, 0.25) is 0 Å². The van der Waals surface area contributed by atoms with Gasteiger partial charge in [0, 0.05) is 43.5 Å². The molecule has 5 heteroatoms. The smallest absolute Gasteiger partial charge is 0.254 e. The van der Waals surface area contributed by atoms with Crippen LogP contribution in [0.4, 0.5) is 5.82 Å². The number of aromatic nitrogens is 1. The number of piperazine rings is 1. The summed E-state index contributed by atoms with van der Waals surface area (Å²) in [6.07, 6.45) is 1.78. The Labute approximate surface area is 164 Å². The van der Waals surface area contributed by atoms with E-state index in [9.17, 15) is 9.59 Å². The summed E-state index contributed by atoms with van der Waals surface area (Å²) in [5, 5.41) is 0. The highest BCUT2D eigenvalue weighted by Gasteiger charge is 2.26. The molecular weight excluding hydrogens is 350 g/mol. The van der Waals surface area contributed by atoms with Crippen LogP contribution < -0.4 is 4.90 Å². The topological polar surface area (TPSA) is 53.5 Å². The van der Waals surface area contributed by atoms with E-state index < -0.39 is 0 Å². The van der Waals surface area contributed by atoms with Crippen molar-refractivity contribution in [1.82, 2.24) is 9.88 Å². The van der Waals surface area contributed by atoms with E-state index >= 15 is 0 Å². The Balaban J connectivity index is 1.51. The van der Waals surface area contributed by atoms with Gasteiger partial charge in [0.2, 0.25) is 0 Å². The molecule has 1 amide bonds. The average Bonchev–Trinajstić information content (AvgIpc) is 2.79. The number of carbonyl (C=O) groups is 2. The van der Waals surface area contributed by atoms with Gasteiger partial charge in [0.05, 0.1) is 5.56 Å². The van der Waals surface area contributed by atoms with Crippen LogP contribution >= 0.6 is 0 Å². The van der Waals surface area contributed by atoms with E-state index in [1.807, 2.05) is 41.3 Å². The molecule has 0 spiro atoms. The van der Waals surface area contributed by atoms with Crippen LogP contribution in [0.15, 0.2) is 79.0 Å². The van der Waals surface area contributed by atoms with Crippen LogP contribution in [-0.2, 0) is 0 Å². The van der Waals surface area contributed by atoms with Crippen molar-refractivity contribution in [3.8, 4) is 0 Å². The SMILES string of the molecule is O=C(c1ccccc1)c1ccccc1C(=O)N1CCN(c2ccccn2)CC1. The third-order valence-corrected chi connectivity index (χ3v) is 4.98. The van der Waals surface area contributed by atoms with Crippen LogP contribution in [0.3, 0.4) is 0 Å². The Morgan fingerprint density at radius 1 is 0.714 bits per heavy atom. The lowest BCUT2D eigenvalue weighted by Gasteiger charge is -2.35. The van der Waals surface area contributed by atoms with Crippen molar-refractivity contribution in [1.29, 1.82) is 0 Å². The minimum atomic E-state index is -0.128. The summed E-state index contributed by atoms with van der Waals surface area (Å²) < 4.78 is 0. The molecule has 0 bridgehead atoms. The largest absolute Gasteiger partial charge is 0.353 e. The molecule has 1 aromatic heterocycles. The molecule has 0 unspecified atom stereocenters. The van der Waals surface area contributed by atoms with Gasteiger partial charge >= 0.3 is 0 Å². The summed E-state index contributed by atoms with van der Waals surface area (Å²) in [7, 11) is 0. The minimum absolute atomic E-state index is 0.0967. The highest BCUT2D eigenvalue weighted by molar-refractivity contribution is 6.15. The Bertz CT molecular complexity index is 965. The van der Waals surface area contributed by atoms with Gasteiger partial charge in [0.25, 0.3) is 5.91 Å². The molecule has 0 atom stereocenters. The van der Waals surface area contributed by atoms with E-state index in [1.165, 1.54) is 0 Å². The summed E-state index contributed by atoms with van der Waals surface area (Å²) in [5.74, 6) is 0.700. The highest BCUT2D eigenvalue weighted by atomic mass is 16.2. The van der Waals surface area contributed by atoms with Crippen molar-refractivity contribution in [2.45, 2.75) is 0 Å². The number of ketones is 1. The molecule has 140 valence electrons. The molecule has 1 saturated heterocycles. The molecule has 28 heavy (non-hydrogen) atoms. The average molecular weight is 371 g/mol. The van der Waals surface area contributed by atoms with Crippen LogP contribution in [0.5, 0.6) is 0 Å². The molecule has 0 saturated carbocycles. The summed E-state index contributed by atoms with van der Waals surface area (Å²) in [5.41, 5.74) is 1.50. The predicted octanol–water partition coefficient (Wildman–Crippen LogP) is 3.28. The predicted molar refractivity (Wildman–Crippen MR) is 109 cm³/mol. The van der Waals surface area contributed by atoms with Gasteiger partial charge in [-0.25, -0.2) is 4.98 Å². The number of rotatable bonds is 4. The third-order valence-electron chi connectivity index (χ3n) is 4.98. The van der Waals surface area contributed by atoms with Gasteiger partial charge in [-0.05, 0) is 18.2 Å². The van der Waals surface area contributed by atoms with E-state index in [4.69, 9.17) is 0 Å². The Kier molecular flexibility index (Phi) is 5.15. The van der Waals surface area contributed by atoms with Crippen molar-refractivity contribution in [2.24, 2.45) is 0 Å². The minimum Gasteiger partial charge on any atom is -0.353 e. The number of nitrogens with zero attached hydrogens (tertiary/aromatic N) is 3. The summed E-state index contributed by atoms with van der Waals surface area (Å²) >= 11 is 0. The van der Waals surface area contributed by atoms with Crippen molar-refractivity contribution < 1.29 is 9.59 Å². The van der Waals surface area contributed by atoms with E-state index in [0.717, 1.165) is 18.9 Å². The molecule has 1 aliphatic heterocycles. The molecule has 2 aromatic carbocycles. The van der Waals surface area contributed by atoms with E-state index in [2.05, 4.69) is 9.88 Å². The second-order valence-corrected chi connectivity index (χ2v) is 6.71. The fourth-order valence-corrected chi connectivity index (χ4v) is 3.46. The number of anilines is 1. The molecule has 2 heterocycles. The first kappa shape index (κ1) is 17.9. The normalized spacial score (nSPS) is 14.0. The Morgan fingerprint density at radius 3 is 2.04 bits per heavy atom. The van der Waals surface area contributed by atoms with Gasteiger partial charge in [0.15, 0.2) is 5.78 Å². The number of pyridine rings is 1. The monoisotopic (exact) mass is 371 g/mol. The quantitative estimate of drug-likeness (QED) is 0.661. The van der Waals surface area contributed by atoms with Gasteiger partial charge in [-0.2, -0.15) is 0 Å². The molecule has 1 fully saturated rings. The van der Waals surface area contributed by atoms with Crippen molar-refractivity contribution >= 4 is 17.5 Å². The molecular formula is C23H21N3O2. The summed E-state index contributed by atoms with van der Waals surface area (Å²) in [6, 6.07) is 22.0. The Hall–Kier alpha value is -3.47.